The number of hydrogen-bond donors (Lipinski definition) is 2. The van der Waals surface area contributed by atoms with Crippen LogP contribution in [0.4, 0.5) is 11.6 Å². The summed E-state index contributed by atoms with van der Waals surface area (Å²) in [4.78, 5) is 8.30. The first-order chi connectivity index (χ1) is 6.58. The van der Waals surface area contributed by atoms with E-state index in [1.54, 1.807) is 0 Å². The van der Waals surface area contributed by atoms with Crippen molar-refractivity contribution in [2.24, 2.45) is 0 Å². The largest absolute Gasteiger partial charge is 0.383 e. The Morgan fingerprint density at radius 2 is 1.36 bits per heavy atom. The lowest BCUT2D eigenvalue weighted by atomic mass is 10.1. The molecule has 2 aromatic heterocycles. The molecule has 2 aromatic rings. The second-order valence-corrected chi connectivity index (χ2v) is 3.40. The molecule has 0 saturated heterocycles. The highest BCUT2D eigenvalue weighted by molar-refractivity contribution is 5.98. The first-order valence-corrected chi connectivity index (χ1v) is 4.38. The maximum atomic E-state index is 5.78. The quantitative estimate of drug-likeness (QED) is 0.655. The molecule has 0 bridgehead atoms. The van der Waals surface area contributed by atoms with Gasteiger partial charge in [0.15, 0.2) is 0 Å². The van der Waals surface area contributed by atoms with Gasteiger partial charge < -0.3 is 11.5 Å². The Bertz CT molecular complexity index is 462. The van der Waals surface area contributed by atoms with Crippen LogP contribution in [-0.2, 0) is 0 Å². The predicted octanol–water partition coefficient (Wildman–Crippen LogP) is 1.41. The van der Waals surface area contributed by atoms with Gasteiger partial charge in [-0.15, -0.1) is 0 Å². The van der Waals surface area contributed by atoms with E-state index in [0.29, 0.717) is 11.6 Å². The molecule has 0 aliphatic heterocycles. The molecule has 0 saturated carbocycles. The lowest BCUT2D eigenvalue weighted by molar-refractivity contribution is 1.20. The molecule has 72 valence electrons. The number of nitrogens with two attached hydrogens (primary N) is 2. The number of aromatic nitrogens is 2. The van der Waals surface area contributed by atoms with E-state index >= 15 is 0 Å². The van der Waals surface area contributed by atoms with Crippen molar-refractivity contribution in [2.75, 3.05) is 11.5 Å². The summed E-state index contributed by atoms with van der Waals surface area (Å²) < 4.78 is 0. The average Bonchev–Trinajstić information content (AvgIpc) is 1.99. The third-order valence-corrected chi connectivity index (χ3v) is 2.12. The van der Waals surface area contributed by atoms with E-state index < -0.39 is 0 Å². The summed E-state index contributed by atoms with van der Waals surface area (Å²) in [6.45, 7) is 3.81. The number of aryl methyl sites for hydroxylation is 2. The average molecular weight is 188 g/mol. The van der Waals surface area contributed by atoms with Crippen molar-refractivity contribution in [2.45, 2.75) is 13.8 Å². The van der Waals surface area contributed by atoms with Crippen LogP contribution in [0.25, 0.3) is 10.8 Å². The summed E-state index contributed by atoms with van der Waals surface area (Å²) >= 11 is 0. The molecule has 0 fully saturated rings. The van der Waals surface area contributed by atoms with Crippen LogP contribution in [0.1, 0.15) is 11.4 Å². The summed E-state index contributed by atoms with van der Waals surface area (Å²) in [7, 11) is 0. The van der Waals surface area contributed by atoms with Crippen LogP contribution in [0.3, 0.4) is 0 Å². The van der Waals surface area contributed by atoms with Crippen molar-refractivity contribution in [3.8, 4) is 0 Å². The zero-order chi connectivity index (χ0) is 10.3. The summed E-state index contributed by atoms with van der Waals surface area (Å²) in [5, 5.41) is 1.75. The Hall–Kier alpha value is -1.84. The summed E-state index contributed by atoms with van der Waals surface area (Å²) in [5.41, 5.74) is 13.3. The molecule has 2 heterocycles. The fraction of sp³-hybridized carbons (Fsp3) is 0.200. The number of nitrogens with zero attached hydrogens (tertiary/aromatic N) is 2. The van der Waals surface area contributed by atoms with Crippen LogP contribution < -0.4 is 11.5 Å². The molecular weight excluding hydrogens is 176 g/mol. The van der Waals surface area contributed by atoms with Crippen molar-refractivity contribution in [3.63, 3.8) is 0 Å². The Morgan fingerprint density at radius 1 is 0.929 bits per heavy atom. The molecule has 4 heteroatoms. The van der Waals surface area contributed by atoms with E-state index in [1.807, 2.05) is 26.0 Å². The molecule has 4 nitrogen and oxygen atoms in total. The van der Waals surface area contributed by atoms with Crippen molar-refractivity contribution < 1.29 is 0 Å². The monoisotopic (exact) mass is 188 g/mol. The molecule has 0 aromatic carbocycles. The lowest BCUT2D eigenvalue weighted by Crippen LogP contribution is -2.00. The fourth-order valence-electron chi connectivity index (χ4n) is 1.62. The second-order valence-electron chi connectivity index (χ2n) is 3.40. The van der Waals surface area contributed by atoms with Gasteiger partial charge in [0.1, 0.15) is 11.6 Å². The van der Waals surface area contributed by atoms with Gasteiger partial charge in [0.2, 0.25) is 0 Å². The number of pyridine rings is 2. The van der Waals surface area contributed by atoms with E-state index in [4.69, 9.17) is 11.5 Å². The minimum Gasteiger partial charge on any atom is -0.383 e. The van der Waals surface area contributed by atoms with Crippen LogP contribution in [0.5, 0.6) is 0 Å². The second kappa shape index (κ2) is 2.83. The molecule has 4 N–H and O–H groups in total. The third kappa shape index (κ3) is 1.25. The van der Waals surface area contributed by atoms with Crippen molar-refractivity contribution in [1.29, 1.82) is 0 Å². The summed E-state index contributed by atoms with van der Waals surface area (Å²) in [6, 6.07) is 3.91. The van der Waals surface area contributed by atoms with Gasteiger partial charge in [-0.1, -0.05) is 0 Å². The van der Waals surface area contributed by atoms with Gasteiger partial charge >= 0.3 is 0 Å². The Morgan fingerprint density at radius 3 is 1.79 bits per heavy atom. The molecule has 0 radical (unpaired) electrons. The number of fused-ring (bicyclic) bond motifs is 1. The topological polar surface area (TPSA) is 77.8 Å². The molecular formula is C10H12N4. The highest BCUT2D eigenvalue weighted by Crippen LogP contribution is 2.25. The Labute approximate surface area is 82.0 Å². The minimum absolute atomic E-state index is 0.449. The molecule has 0 spiro atoms. The SMILES string of the molecule is Cc1cc2cc(C)nc(N)c2c(N)n1. The zero-order valence-corrected chi connectivity index (χ0v) is 8.20. The summed E-state index contributed by atoms with van der Waals surface area (Å²) in [5.74, 6) is 0.898. The molecule has 14 heavy (non-hydrogen) atoms. The fourth-order valence-corrected chi connectivity index (χ4v) is 1.62. The number of anilines is 2. The molecule has 0 atom stereocenters. The van der Waals surface area contributed by atoms with E-state index in [9.17, 15) is 0 Å². The first kappa shape index (κ1) is 8.74. The zero-order valence-electron chi connectivity index (χ0n) is 8.20. The lowest BCUT2D eigenvalue weighted by Gasteiger charge is -2.06. The maximum Gasteiger partial charge on any atom is 0.135 e. The number of hydrogen-bond acceptors (Lipinski definition) is 4. The van der Waals surface area contributed by atoms with E-state index in [1.165, 1.54) is 0 Å². The predicted molar refractivity (Wildman–Crippen MR) is 57.8 cm³/mol. The third-order valence-electron chi connectivity index (χ3n) is 2.12. The van der Waals surface area contributed by atoms with Gasteiger partial charge in [-0.2, -0.15) is 0 Å². The highest BCUT2D eigenvalue weighted by Gasteiger charge is 2.06. The number of nitrogen functional groups attached to an aromatic ring is 2. The standard InChI is InChI=1S/C10H12N4/c1-5-3-7-4-6(2)14-10(12)8(7)9(11)13-5/h3-4H,1-2H3,(H2,11,13)(H2,12,14). The van der Waals surface area contributed by atoms with E-state index in [2.05, 4.69) is 9.97 Å². The number of rotatable bonds is 0. The summed E-state index contributed by atoms with van der Waals surface area (Å²) in [6.07, 6.45) is 0. The van der Waals surface area contributed by atoms with Gasteiger partial charge in [-0.25, -0.2) is 9.97 Å². The van der Waals surface area contributed by atoms with Crippen LogP contribution in [0.2, 0.25) is 0 Å². The normalized spacial score (nSPS) is 10.7. The molecule has 0 aliphatic rings. The van der Waals surface area contributed by atoms with Crippen LogP contribution in [-0.4, -0.2) is 9.97 Å². The smallest absolute Gasteiger partial charge is 0.135 e. The van der Waals surface area contributed by atoms with Crippen LogP contribution in [0, 0.1) is 13.8 Å². The highest BCUT2D eigenvalue weighted by atomic mass is 14.9. The molecule has 2 rings (SSSR count). The van der Waals surface area contributed by atoms with E-state index in [-0.39, 0.29) is 0 Å². The van der Waals surface area contributed by atoms with Crippen molar-refractivity contribution in [1.82, 2.24) is 9.97 Å². The van der Waals surface area contributed by atoms with Gasteiger partial charge in [0, 0.05) is 11.4 Å². The van der Waals surface area contributed by atoms with Crippen molar-refractivity contribution in [3.05, 3.63) is 23.5 Å². The van der Waals surface area contributed by atoms with Gasteiger partial charge in [0.25, 0.3) is 0 Å². The van der Waals surface area contributed by atoms with Gasteiger partial charge in [0.05, 0.1) is 5.39 Å². The maximum absolute atomic E-state index is 5.78. The first-order valence-electron chi connectivity index (χ1n) is 4.38. The molecule has 0 unspecified atom stereocenters. The van der Waals surface area contributed by atoms with Crippen LogP contribution >= 0.6 is 0 Å². The Balaban J connectivity index is 2.94. The van der Waals surface area contributed by atoms with Crippen molar-refractivity contribution >= 4 is 22.4 Å². The van der Waals surface area contributed by atoms with Gasteiger partial charge in [-0.05, 0) is 31.4 Å². The van der Waals surface area contributed by atoms with Gasteiger partial charge in [-0.3, -0.25) is 0 Å². The van der Waals surface area contributed by atoms with Crippen LogP contribution in [0.15, 0.2) is 12.1 Å². The minimum atomic E-state index is 0.449. The van der Waals surface area contributed by atoms with E-state index in [0.717, 1.165) is 22.2 Å². The Kier molecular flexibility index (Phi) is 1.77. The molecule has 0 amide bonds. The molecule has 0 aliphatic carbocycles.